The van der Waals surface area contributed by atoms with Gasteiger partial charge in [0.2, 0.25) is 17.3 Å². The van der Waals surface area contributed by atoms with Crippen molar-refractivity contribution in [2.45, 2.75) is 19.8 Å². The molecule has 3 aromatic heterocycles. The molecule has 0 aliphatic rings. The van der Waals surface area contributed by atoms with Crippen LogP contribution >= 0.6 is 23.2 Å². The van der Waals surface area contributed by atoms with Crippen molar-refractivity contribution in [2.24, 2.45) is 0 Å². The van der Waals surface area contributed by atoms with Crippen molar-refractivity contribution < 1.29 is 4.74 Å². The van der Waals surface area contributed by atoms with Gasteiger partial charge in [-0.1, -0.05) is 37.0 Å². The van der Waals surface area contributed by atoms with E-state index in [4.69, 9.17) is 33.7 Å². The molecule has 0 bridgehead atoms. The van der Waals surface area contributed by atoms with Crippen LogP contribution in [-0.4, -0.2) is 35.2 Å². The smallest absolute Gasteiger partial charge is 0.349 e. The topological polar surface area (TPSA) is 157 Å². The molecule has 0 atom stereocenters. The Bertz CT molecular complexity index is 1370. The Morgan fingerprint density at radius 2 is 1.83 bits per heavy atom. The van der Waals surface area contributed by atoms with E-state index in [1.165, 1.54) is 12.1 Å². The van der Waals surface area contributed by atoms with E-state index in [9.17, 15) is 9.59 Å². The van der Waals surface area contributed by atoms with Crippen LogP contribution in [0.4, 0.5) is 5.82 Å². The molecule has 0 aliphatic carbocycles. The SMILES string of the molecule is CC(C)c1[nH]nc2nnc(Oc3c(Cl)cc(-n4nc(N)c(=O)[nH]c4=O)cc3Cl)cc12. The Morgan fingerprint density at radius 1 is 1.13 bits per heavy atom. The molecule has 0 amide bonds. The van der Waals surface area contributed by atoms with Crippen molar-refractivity contribution in [2.75, 3.05) is 5.73 Å². The minimum absolute atomic E-state index is 0.0779. The summed E-state index contributed by atoms with van der Waals surface area (Å²) in [6.07, 6.45) is 0. The van der Waals surface area contributed by atoms with E-state index in [0.29, 0.717) is 5.65 Å². The maximum absolute atomic E-state index is 12.0. The van der Waals surface area contributed by atoms with Crippen LogP contribution in [0, 0.1) is 0 Å². The van der Waals surface area contributed by atoms with E-state index in [0.717, 1.165) is 15.8 Å². The molecule has 0 radical (unpaired) electrons. The van der Waals surface area contributed by atoms with E-state index in [1.807, 2.05) is 18.8 Å². The second-order valence-electron chi connectivity index (χ2n) is 6.61. The van der Waals surface area contributed by atoms with Crippen molar-refractivity contribution in [3.63, 3.8) is 0 Å². The van der Waals surface area contributed by atoms with Gasteiger partial charge in [-0.15, -0.1) is 15.3 Å². The number of anilines is 1. The van der Waals surface area contributed by atoms with Crippen molar-refractivity contribution >= 4 is 40.1 Å². The van der Waals surface area contributed by atoms with Gasteiger partial charge in [-0.2, -0.15) is 9.78 Å². The van der Waals surface area contributed by atoms with Crippen molar-refractivity contribution in [1.29, 1.82) is 0 Å². The summed E-state index contributed by atoms with van der Waals surface area (Å²) in [5.74, 6) is 0.0718. The Morgan fingerprint density at radius 3 is 2.50 bits per heavy atom. The molecule has 0 aliphatic heterocycles. The summed E-state index contributed by atoms with van der Waals surface area (Å²) in [6, 6.07) is 4.45. The molecule has 4 N–H and O–H groups in total. The van der Waals surface area contributed by atoms with Crippen LogP contribution in [0.5, 0.6) is 11.6 Å². The highest BCUT2D eigenvalue weighted by Crippen LogP contribution is 2.38. The van der Waals surface area contributed by atoms with Crippen LogP contribution < -0.4 is 21.7 Å². The first-order valence-electron chi connectivity index (χ1n) is 8.62. The van der Waals surface area contributed by atoms with Crippen LogP contribution in [0.3, 0.4) is 0 Å². The quantitative estimate of drug-likeness (QED) is 0.429. The maximum Gasteiger partial charge on any atom is 0.349 e. The summed E-state index contributed by atoms with van der Waals surface area (Å²) in [7, 11) is 0. The summed E-state index contributed by atoms with van der Waals surface area (Å²) in [5, 5.41) is 19.7. The standard InChI is InChI=1S/C17H14Cl2N8O3/c1-6(2)12-8-5-11(22-24-15(8)25-23-12)30-13-9(18)3-7(4-10(13)19)27-17(29)21-16(28)14(20)26-27/h3-6H,1-2H3,(H2,20,26)(H,21,28,29)(H,23,24,25). The number of H-pyrrole nitrogens is 2. The van der Waals surface area contributed by atoms with Gasteiger partial charge in [-0.3, -0.25) is 14.9 Å². The van der Waals surface area contributed by atoms with Gasteiger partial charge >= 0.3 is 5.69 Å². The minimum Gasteiger partial charge on any atom is -0.434 e. The minimum atomic E-state index is -0.799. The zero-order valence-corrected chi connectivity index (χ0v) is 17.1. The van der Waals surface area contributed by atoms with E-state index in [1.54, 1.807) is 6.07 Å². The average molecular weight is 449 g/mol. The molecule has 0 unspecified atom stereocenters. The molecule has 13 heteroatoms. The Balaban J connectivity index is 1.74. The van der Waals surface area contributed by atoms with Gasteiger partial charge in [0.25, 0.3) is 5.56 Å². The van der Waals surface area contributed by atoms with Gasteiger partial charge < -0.3 is 10.5 Å². The van der Waals surface area contributed by atoms with E-state index in [2.05, 4.69) is 25.5 Å². The highest BCUT2D eigenvalue weighted by atomic mass is 35.5. The van der Waals surface area contributed by atoms with Crippen LogP contribution in [0.25, 0.3) is 16.7 Å². The third-order valence-electron chi connectivity index (χ3n) is 4.19. The summed E-state index contributed by atoms with van der Waals surface area (Å²) >= 11 is 12.6. The Kier molecular flexibility index (Phi) is 4.92. The summed E-state index contributed by atoms with van der Waals surface area (Å²) in [4.78, 5) is 25.5. The molecule has 0 spiro atoms. The molecular formula is C17H14Cl2N8O3. The fourth-order valence-corrected chi connectivity index (χ4v) is 3.32. The lowest BCUT2D eigenvalue weighted by Crippen LogP contribution is -2.33. The number of nitrogens with one attached hydrogen (secondary N) is 2. The number of nitrogens with two attached hydrogens (primary N) is 1. The molecule has 30 heavy (non-hydrogen) atoms. The predicted octanol–water partition coefficient (Wildman–Crippen LogP) is 2.39. The maximum atomic E-state index is 12.0. The van der Waals surface area contributed by atoms with Gasteiger partial charge in [-0.05, 0) is 18.1 Å². The molecular weight excluding hydrogens is 435 g/mol. The lowest BCUT2D eigenvalue weighted by molar-refractivity contribution is 0.457. The first kappa shape index (κ1) is 19.9. The number of hydrogen-bond acceptors (Lipinski definition) is 8. The number of ether oxygens (including phenoxy) is 1. The fraction of sp³-hybridized carbons (Fsp3) is 0.176. The third kappa shape index (κ3) is 3.48. The number of halogens is 2. The number of benzene rings is 1. The number of nitrogens with zero attached hydrogens (tertiary/aromatic N) is 5. The fourth-order valence-electron chi connectivity index (χ4n) is 2.77. The predicted molar refractivity (Wildman–Crippen MR) is 111 cm³/mol. The van der Waals surface area contributed by atoms with Gasteiger partial charge in [-0.25, -0.2) is 4.79 Å². The number of aromatic amines is 2. The third-order valence-corrected chi connectivity index (χ3v) is 4.75. The van der Waals surface area contributed by atoms with Crippen LogP contribution in [0.2, 0.25) is 10.0 Å². The van der Waals surface area contributed by atoms with Crippen molar-refractivity contribution in [3.8, 4) is 17.3 Å². The second-order valence-corrected chi connectivity index (χ2v) is 7.42. The second kappa shape index (κ2) is 7.43. The first-order valence-corrected chi connectivity index (χ1v) is 9.38. The number of nitrogen functional groups attached to an aromatic ring is 1. The highest BCUT2D eigenvalue weighted by Gasteiger charge is 2.17. The number of rotatable bonds is 4. The normalized spacial score (nSPS) is 11.4. The van der Waals surface area contributed by atoms with Gasteiger partial charge in [0.15, 0.2) is 5.75 Å². The van der Waals surface area contributed by atoms with E-state index >= 15 is 0 Å². The Hall–Kier alpha value is -3.44. The summed E-state index contributed by atoms with van der Waals surface area (Å²) < 4.78 is 6.61. The van der Waals surface area contributed by atoms with Gasteiger partial charge in [0.1, 0.15) is 0 Å². The molecule has 0 saturated carbocycles. The van der Waals surface area contributed by atoms with E-state index < -0.39 is 11.2 Å². The van der Waals surface area contributed by atoms with Crippen LogP contribution in [0.1, 0.15) is 25.5 Å². The lowest BCUT2D eigenvalue weighted by Gasteiger charge is -2.11. The molecule has 4 aromatic rings. The molecule has 1 aromatic carbocycles. The average Bonchev–Trinajstić information content (AvgIpc) is 3.11. The number of fused-ring (bicyclic) bond motifs is 1. The zero-order chi connectivity index (χ0) is 21.6. The van der Waals surface area contributed by atoms with Crippen LogP contribution in [-0.2, 0) is 0 Å². The van der Waals surface area contributed by atoms with Crippen molar-refractivity contribution in [1.82, 2.24) is 35.2 Å². The Labute approximate surface area is 177 Å². The molecule has 0 saturated heterocycles. The van der Waals surface area contributed by atoms with Crippen molar-refractivity contribution in [3.05, 3.63) is 54.8 Å². The molecule has 154 valence electrons. The van der Waals surface area contributed by atoms with Gasteiger partial charge in [0.05, 0.1) is 15.7 Å². The number of hydrogen-bond donors (Lipinski definition) is 3. The summed E-state index contributed by atoms with van der Waals surface area (Å²) in [6.45, 7) is 4.03. The monoisotopic (exact) mass is 448 g/mol. The largest absolute Gasteiger partial charge is 0.434 e. The molecule has 3 heterocycles. The van der Waals surface area contributed by atoms with Gasteiger partial charge in [0, 0.05) is 17.1 Å². The first-order chi connectivity index (χ1) is 14.2. The zero-order valence-electron chi connectivity index (χ0n) is 15.6. The van der Waals surface area contributed by atoms with Crippen LogP contribution in [0.15, 0.2) is 27.8 Å². The summed E-state index contributed by atoms with van der Waals surface area (Å²) in [5.41, 5.74) is 5.42. The molecule has 4 rings (SSSR count). The molecule has 0 fully saturated rings. The highest BCUT2D eigenvalue weighted by molar-refractivity contribution is 6.37. The lowest BCUT2D eigenvalue weighted by atomic mass is 10.1. The number of aromatic nitrogens is 7. The molecule has 11 nitrogen and oxygen atoms in total. The van der Waals surface area contributed by atoms with E-state index in [-0.39, 0.29) is 39.1 Å².